The van der Waals surface area contributed by atoms with Gasteiger partial charge in [0.05, 0.1) is 5.41 Å². The van der Waals surface area contributed by atoms with Crippen LogP contribution in [0.5, 0.6) is 0 Å². The van der Waals surface area contributed by atoms with E-state index in [9.17, 15) is 4.79 Å². The Morgan fingerprint density at radius 2 is 1.68 bits per heavy atom. The number of amides is 1. The number of carbonyl (C=O) groups excluding carboxylic acids is 1. The molecule has 0 N–H and O–H groups in total. The van der Waals surface area contributed by atoms with Crippen molar-refractivity contribution in [2.75, 3.05) is 11.9 Å². The van der Waals surface area contributed by atoms with E-state index in [1.807, 2.05) is 30.1 Å². The number of fused-ring (bicyclic) bond motifs is 1. The molecule has 1 amide bonds. The van der Waals surface area contributed by atoms with Crippen LogP contribution in [-0.4, -0.2) is 13.0 Å². The number of likely N-dealkylation sites (N-methyl/N-ethyl adjacent to an activating group) is 1. The number of nitrogens with zero attached hydrogens (tertiary/aromatic N) is 1. The Morgan fingerprint density at radius 3 is 2.32 bits per heavy atom. The molecule has 1 atom stereocenters. The predicted molar refractivity (Wildman–Crippen MR) is 91.3 cm³/mol. The molecule has 1 aliphatic rings. The fraction of sp³-hybridized carbons (Fsp3) is 0.350. The Morgan fingerprint density at radius 1 is 1.05 bits per heavy atom. The third-order valence-corrected chi connectivity index (χ3v) is 5.02. The zero-order chi connectivity index (χ0) is 15.9. The number of rotatable bonds is 3. The quantitative estimate of drug-likeness (QED) is 0.834. The van der Waals surface area contributed by atoms with Crippen LogP contribution in [0.1, 0.15) is 30.5 Å². The lowest BCUT2D eigenvalue weighted by molar-refractivity contribution is -0.124. The highest BCUT2D eigenvalue weighted by Crippen LogP contribution is 2.47. The molecule has 0 bridgehead atoms. The van der Waals surface area contributed by atoms with Gasteiger partial charge >= 0.3 is 0 Å². The van der Waals surface area contributed by atoms with Crippen LogP contribution in [0.3, 0.4) is 0 Å². The summed E-state index contributed by atoms with van der Waals surface area (Å²) in [5.74, 6) is 0.455. The lowest BCUT2D eigenvalue weighted by atomic mass is 9.68. The summed E-state index contributed by atoms with van der Waals surface area (Å²) in [6, 6.07) is 16.7. The van der Waals surface area contributed by atoms with Crippen molar-refractivity contribution in [2.24, 2.45) is 5.92 Å². The first-order valence-electron chi connectivity index (χ1n) is 7.90. The summed E-state index contributed by atoms with van der Waals surface area (Å²) in [6.45, 7) is 6.40. The molecule has 2 aromatic carbocycles. The molecular formula is C20H23NO. The summed E-state index contributed by atoms with van der Waals surface area (Å²) >= 11 is 0. The highest BCUT2D eigenvalue weighted by Gasteiger charge is 2.51. The first-order valence-corrected chi connectivity index (χ1v) is 7.90. The number of aryl methyl sites for hydroxylation is 1. The van der Waals surface area contributed by atoms with Crippen molar-refractivity contribution in [1.29, 1.82) is 0 Å². The van der Waals surface area contributed by atoms with Crippen LogP contribution in [-0.2, 0) is 16.6 Å². The smallest absolute Gasteiger partial charge is 0.238 e. The fourth-order valence-corrected chi connectivity index (χ4v) is 3.63. The minimum absolute atomic E-state index is 0.212. The number of hydrogen-bond acceptors (Lipinski definition) is 1. The van der Waals surface area contributed by atoms with Crippen LogP contribution >= 0.6 is 0 Å². The van der Waals surface area contributed by atoms with Gasteiger partial charge in [-0.3, -0.25) is 4.79 Å². The maximum absolute atomic E-state index is 13.1. The van der Waals surface area contributed by atoms with E-state index in [-0.39, 0.29) is 11.8 Å². The number of benzene rings is 2. The van der Waals surface area contributed by atoms with E-state index in [0.717, 1.165) is 17.7 Å². The van der Waals surface area contributed by atoms with Gasteiger partial charge in [0.1, 0.15) is 0 Å². The topological polar surface area (TPSA) is 20.3 Å². The van der Waals surface area contributed by atoms with Crippen LogP contribution in [0, 0.1) is 12.8 Å². The summed E-state index contributed by atoms with van der Waals surface area (Å²) in [6.07, 6.45) is 0.755. The second kappa shape index (κ2) is 5.28. The van der Waals surface area contributed by atoms with Crippen LogP contribution in [0.15, 0.2) is 48.5 Å². The maximum Gasteiger partial charge on any atom is 0.238 e. The van der Waals surface area contributed by atoms with Gasteiger partial charge in [0, 0.05) is 12.7 Å². The van der Waals surface area contributed by atoms with Gasteiger partial charge in [0.25, 0.3) is 0 Å². The zero-order valence-corrected chi connectivity index (χ0v) is 13.8. The van der Waals surface area contributed by atoms with E-state index in [4.69, 9.17) is 0 Å². The minimum atomic E-state index is -0.458. The van der Waals surface area contributed by atoms with Gasteiger partial charge in [-0.15, -0.1) is 0 Å². The van der Waals surface area contributed by atoms with Crippen molar-refractivity contribution >= 4 is 11.6 Å². The first-order chi connectivity index (χ1) is 10.5. The Hall–Kier alpha value is -2.09. The predicted octanol–water partition coefficient (Wildman–Crippen LogP) is 4.11. The molecule has 0 aromatic heterocycles. The Labute approximate surface area is 132 Å². The van der Waals surface area contributed by atoms with Crippen molar-refractivity contribution in [3.05, 3.63) is 65.2 Å². The molecule has 0 radical (unpaired) electrons. The van der Waals surface area contributed by atoms with Crippen molar-refractivity contribution < 1.29 is 4.79 Å². The van der Waals surface area contributed by atoms with Gasteiger partial charge in [0.2, 0.25) is 5.91 Å². The molecule has 1 aliphatic heterocycles. The summed E-state index contributed by atoms with van der Waals surface area (Å²) in [5, 5.41) is 0. The number of anilines is 1. The number of carbonyl (C=O) groups is 1. The highest BCUT2D eigenvalue weighted by molar-refractivity contribution is 6.08. The van der Waals surface area contributed by atoms with Crippen molar-refractivity contribution in [1.82, 2.24) is 0 Å². The fourth-order valence-electron chi connectivity index (χ4n) is 3.63. The van der Waals surface area contributed by atoms with Gasteiger partial charge in [-0.05, 0) is 36.5 Å². The Kier molecular flexibility index (Phi) is 3.56. The highest BCUT2D eigenvalue weighted by atomic mass is 16.2. The normalized spacial score (nSPS) is 20.6. The van der Waals surface area contributed by atoms with E-state index in [1.165, 1.54) is 11.1 Å². The molecule has 0 unspecified atom stereocenters. The number of hydrogen-bond donors (Lipinski definition) is 0. The monoisotopic (exact) mass is 293 g/mol. The maximum atomic E-state index is 13.1. The van der Waals surface area contributed by atoms with Crippen molar-refractivity contribution in [3.63, 3.8) is 0 Å². The van der Waals surface area contributed by atoms with E-state index in [0.29, 0.717) is 0 Å². The molecule has 2 heteroatoms. The second-order valence-corrected chi connectivity index (χ2v) is 6.67. The average Bonchev–Trinajstić information content (AvgIpc) is 2.73. The number of para-hydroxylation sites is 1. The molecule has 3 rings (SSSR count). The SMILES string of the molecule is Cc1ccc(C[C@@]2(C(C)C)C(=O)N(C)c3ccccc32)cc1. The Balaban J connectivity index is 2.13. The van der Waals surface area contributed by atoms with E-state index >= 15 is 0 Å². The molecule has 22 heavy (non-hydrogen) atoms. The molecule has 0 fully saturated rings. The average molecular weight is 293 g/mol. The molecule has 0 saturated heterocycles. The molecule has 1 heterocycles. The minimum Gasteiger partial charge on any atom is -0.314 e. The summed E-state index contributed by atoms with van der Waals surface area (Å²) in [5.41, 5.74) is 4.22. The van der Waals surface area contributed by atoms with Gasteiger partial charge in [0.15, 0.2) is 0 Å². The van der Waals surface area contributed by atoms with Gasteiger partial charge in [-0.2, -0.15) is 0 Å². The largest absolute Gasteiger partial charge is 0.314 e. The summed E-state index contributed by atoms with van der Waals surface area (Å²) < 4.78 is 0. The third kappa shape index (κ3) is 2.06. The summed E-state index contributed by atoms with van der Waals surface area (Å²) in [7, 11) is 1.89. The van der Waals surface area contributed by atoms with Gasteiger partial charge in [-0.1, -0.05) is 61.9 Å². The standard InChI is InChI=1S/C20H23NO/c1-14(2)20(13-16-11-9-15(3)10-12-16)17-7-5-6-8-18(17)21(4)19(20)22/h5-12,14H,13H2,1-4H3/t20-/m0/s1. The molecular weight excluding hydrogens is 270 g/mol. The van der Waals surface area contributed by atoms with Gasteiger partial charge < -0.3 is 4.90 Å². The first kappa shape index (κ1) is 14.8. The third-order valence-electron chi connectivity index (χ3n) is 5.02. The van der Waals surface area contributed by atoms with Crippen molar-refractivity contribution in [3.8, 4) is 0 Å². The van der Waals surface area contributed by atoms with Crippen molar-refractivity contribution in [2.45, 2.75) is 32.6 Å². The zero-order valence-electron chi connectivity index (χ0n) is 13.8. The van der Waals surface area contributed by atoms with Gasteiger partial charge in [-0.25, -0.2) is 0 Å². The molecule has 0 saturated carbocycles. The molecule has 114 valence electrons. The molecule has 0 spiro atoms. The van der Waals surface area contributed by atoms with E-state index in [1.54, 1.807) is 0 Å². The van der Waals surface area contributed by atoms with Crippen LogP contribution < -0.4 is 4.90 Å². The van der Waals surface area contributed by atoms with Crippen LogP contribution in [0.25, 0.3) is 0 Å². The lowest BCUT2D eigenvalue weighted by Crippen LogP contribution is -2.44. The molecule has 0 aliphatic carbocycles. The van der Waals surface area contributed by atoms with Crippen LogP contribution in [0.4, 0.5) is 5.69 Å². The van der Waals surface area contributed by atoms with E-state index in [2.05, 4.69) is 51.1 Å². The Bertz CT molecular complexity index is 702. The van der Waals surface area contributed by atoms with Crippen LogP contribution in [0.2, 0.25) is 0 Å². The molecule has 2 aromatic rings. The molecule has 2 nitrogen and oxygen atoms in total. The summed E-state index contributed by atoms with van der Waals surface area (Å²) in [4.78, 5) is 14.9. The van der Waals surface area contributed by atoms with E-state index < -0.39 is 5.41 Å². The lowest BCUT2D eigenvalue weighted by Gasteiger charge is -2.32. The second-order valence-electron chi connectivity index (χ2n) is 6.67.